The molecule has 0 nitrogen and oxygen atoms in total. The molecule has 50 valence electrons. The Balaban J connectivity index is 0.000000810. The van der Waals surface area contributed by atoms with Crippen LogP contribution in [0, 0.1) is 0 Å². The van der Waals surface area contributed by atoms with Crippen molar-refractivity contribution in [3.63, 3.8) is 0 Å². The van der Waals surface area contributed by atoms with Gasteiger partial charge in [-0.25, -0.2) is 0 Å². The molecule has 0 bridgehead atoms. The first-order valence-electron chi connectivity index (χ1n) is 3.35. The molecule has 0 spiro atoms. The van der Waals surface area contributed by atoms with Crippen molar-refractivity contribution in [2.45, 2.75) is 19.8 Å². The SMILES string of the molecule is CC(C)c1ccccc1.[CsH]. The summed E-state index contributed by atoms with van der Waals surface area (Å²) < 4.78 is 0. The number of rotatable bonds is 1. The van der Waals surface area contributed by atoms with Crippen LogP contribution in [0.25, 0.3) is 0 Å². The van der Waals surface area contributed by atoms with Crippen LogP contribution >= 0.6 is 0 Å². The fourth-order valence-corrected chi connectivity index (χ4v) is 0.838. The van der Waals surface area contributed by atoms with Crippen LogP contribution in [0.5, 0.6) is 0 Å². The van der Waals surface area contributed by atoms with E-state index in [1.54, 1.807) is 0 Å². The van der Waals surface area contributed by atoms with Gasteiger partial charge in [0.15, 0.2) is 0 Å². The summed E-state index contributed by atoms with van der Waals surface area (Å²) >= 11 is 0. The summed E-state index contributed by atoms with van der Waals surface area (Å²) in [4.78, 5) is 0. The van der Waals surface area contributed by atoms with E-state index in [0.717, 1.165) is 0 Å². The number of hydrogen-bond donors (Lipinski definition) is 0. The van der Waals surface area contributed by atoms with E-state index >= 15 is 0 Å². The van der Waals surface area contributed by atoms with E-state index in [2.05, 4.69) is 38.1 Å². The zero-order valence-electron chi connectivity index (χ0n) is 5.96. The van der Waals surface area contributed by atoms with Gasteiger partial charge in [-0.15, -0.1) is 0 Å². The Kier molecular flexibility index (Phi) is 6.61. The van der Waals surface area contributed by atoms with Gasteiger partial charge in [-0.3, -0.25) is 0 Å². The van der Waals surface area contributed by atoms with Crippen LogP contribution < -0.4 is 0 Å². The molecule has 0 amide bonds. The third-order valence-electron chi connectivity index (χ3n) is 1.47. The summed E-state index contributed by atoms with van der Waals surface area (Å²) in [7, 11) is 0. The third kappa shape index (κ3) is 3.60. The van der Waals surface area contributed by atoms with Gasteiger partial charge in [-0.1, -0.05) is 44.2 Å². The molecule has 0 aliphatic carbocycles. The number of benzene rings is 1. The molecule has 10 heavy (non-hydrogen) atoms. The van der Waals surface area contributed by atoms with E-state index in [-0.39, 0.29) is 68.9 Å². The molecule has 1 aromatic carbocycles. The van der Waals surface area contributed by atoms with E-state index in [1.165, 1.54) is 5.56 Å². The Labute approximate surface area is 122 Å². The molecule has 0 aliphatic rings. The normalized spacial score (nSPS) is 9.10. The Morgan fingerprint density at radius 2 is 1.50 bits per heavy atom. The van der Waals surface area contributed by atoms with Crippen LogP contribution in [0.3, 0.4) is 0 Å². The van der Waals surface area contributed by atoms with Gasteiger partial charge in [0.25, 0.3) is 0 Å². The monoisotopic (exact) mass is 254 g/mol. The molecule has 0 atom stereocenters. The quantitative estimate of drug-likeness (QED) is 0.720. The minimum absolute atomic E-state index is 0. The Morgan fingerprint density at radius 1 is 1.00 bits per heavy atom. The fraction of sp³-hybridized carbons (Fsp3) is 0.333. The van der Waals surface area contributed by atoms with E-state index in [9.17, 15) is 0 Å². The topological polar surface area (TPSA) is 0 Å². The van der Waals surface area contributed by atoms with Crippen molar-refractivity contribution in [2.24, 2.45) is 0 Å². The first-order chi connectivity index (χ1) is 4.30. The van der Waals surface area contributed by atoms with E-state index in [1.807, 2.05) is 6.07 Å². The van der Waals surface area contributed by atoms with Gasteiger partial charge in [0.1, 0.15) is 0 Å². The summed E-state index contributed by atoms with van der Waals surface area (Å²) in [6.07, 6.45) is 0. The minimum atomic E-state index is 0. The number of hydrogen-bond acceptors (Lipinski definition) is 0. The molecule has 1 aromatic rings. The van der Waals surface area contributed by atoms with Crippen molar-refractivity contribution < 1.29 is 0 Å². The van der Waals surface area contributed by atoms with Crippen molar-refractivity contribution in [1.29, 1.82) is 0 Å². The van der Waals surface area contributed by atoms with Gasteiger partial charge < -0.3 is 0 Å². The molecular formula is C9H13Cs. The Morgan fingerprint density at radius 3 is 1.80 bits per heavy atom. The van der Waals surface area contributed by atoms with Crippen molar-refractivity contribution in [2.75, 3.05) is 0 Å². The van der Waals surface area contributed by atoms with Crippen molar-refractivity contribution in [1.82, 2.24) is 0 Å². The van der Waals surface area contributed by atoms with Crippen molar-refractivity contribution in [3.05, 3.63) is 35.9 Å². The molecule has 0 saturated carbocycles. The van der Waals surface area contributed by atoms with Crippen LogP contribution in [0.2, 0.25) is 0 Å². The second-order valence-electron chi connectivity index (χ2n) is 2.57. The third-order valence-corrected chi connectivity index (χ3v) is 1.47. The summed E-state index contributed by atoms with van der Waals surface area (Å²) in [5.74, 6) is 0.659. The maximum atomic E-state index is 2.20. The van der Waals surface area contributed by atoms with E-state index in [4.69, 9.17) is 0 Å². The van der Waals surface area contributed by atoms with Crippen LogP contribution in [0.1, 0.15) is 25.3 Å². The summed E-state index contributed by atoms with van der Waals surface area (Å²) in [6.45, 7) is 4.41. The first-order valence-corrected chi connectivity index (χ1v) is 3.35. The zero-order chi connectivity index (χ0) is 6.69. The molecule has 1 rings (SSSR count). The second kappa shape index (κ2) is 5.86. The van der Waals surface area contributed by atoms with Gasteiger partial charge in [-0.2, -0.15) is 0 Å². The van der Waals surface area contributed by atoms with Crippen LogP contribution in [0.15, 0.2) is 30.3 Å². The fourth-order valence-electron chi connectivity index (χ4n) is 0.838. The standard InChI is InChI=1S/C9H12.Cs.H/c1-8(2)9-6-4-3-5-7-9;;/h3-8H,1-2H3;;. The zero-order valence-corrected chi connectivity index (χ0v) is 5.96. The molecule has 0 N–H and O–H groups in total. The van der Waals surface area contributed by atoms with E-state index < -0.39 is 0 Å². The van der Waals surface area contributed by atoms with E-state index in [0.29, 0.717) is 5.92 Å². The van der Waals surface area contributed by atoms with Crippen LogP contribution in [-0.4, -0.2) is 68.9 Å². The second-order valence-corrected chi connectivity index (χ2v) is 2.57. The predicted octanol–water partition coefficient (Wildman–Crippen LogP) is 2.16. The first kappa shape index (κ1) is 11.3. The van der Waals surface area contributed by atoms with Gasteiger partial charge in [0, 0.05) is 0 Å². The van der Waals surface area contributed by atoms with Crippen LogP contribution in [0.4, 0.5) is 0 Å². The molecular weight excluding hydrogens is 241 g/mol. The summed E-state index contributed by atoms with van der Waals surface area (Å²) in [5.41, 5.74) is 1.41. The average Bonchev–Trinajstić information content (AvgIpc) is 1.90. The molecule has 0 aromatic heterocycles. The molecule has 0 fully saturated rings. The molecule has 0 radical (unpaired) electrons. The molecule has 0 unspecified atom stereocenters. The predicted molar refractivity (Wildman–Crippen MR) is 47.7 cm³/mol. The molecule has 0 saturated heterocycles. The molecule has 0 aliphatic heterocycles. The maximum absolute atomic E-state index is 2.20. The van der Waals surface area contributed by atoms with Gasteiger partial charge in [-0.05, 0) is 11.5 Å². The van der Waals surface area contributed by atoms with Crippen LogP contribution in [-0.2, 0) is 0 Å². The molecule has 1 heteroatoms. The Bertz CT molecular complexity index is 167. The Hall–Kier alpha value is 1.27. The van der Waals surface area contributed by atoms with Gasteiger partial charge in [0.2, 0.25) is 0 Å². The van der Waals surface area contributed by atoms with Crippen molar-refractivity contribution in [3.8, 4) is 0 Å². The average molecular weight is 254 g/mol. The molecule has 0 heterocycles. The van der Waals surface area contributed by atoms with Crippen molar-refractivity contribution >= 4 is 68.9 Å². The summed E-state index contributed by atoms with van der Waals surface area (Å²) in [5, 5.41) is 0. The summed E-state index contributed by atoms with van der Waals surface area (Å²) in [6, 6.07) is 10.5. The van der Waals surface area contributed by atoms with Gasteiger partial charge in [0.05, 0.1) is 0 Å². The van der Waals surface area contributed by atoms with Gasteiger partial charge >= 0.3 is 68.9 Å².